The maximum atomic E-state index is 12.8. The maximum Gasteiger partial charge on any atom is 0.343 e. The van der Waals surface area contributed by atoms with Crippen molar-refractivity contribution < 1.29 is 23.9 Å². The highest BCUT2D eigenvalue weighted by molar-refractivity contribution is 6.43. The Bertz CT molecular complexity index is 1410. The first-order valence-corrected chi connectivity index (χ1v) is 10.6. The van der Waals surface area contributed by atoms with Gasteiger partial charge in [0.05, 0.1) is 17.4 Å². The number of anilines is 1. The van der Waals surface area contributed by atoms with Crippen LogP contribution in [-0.4, -0.2) is 22.6 Å². The molecule has 1 heterocycles. The van der Waals surface area contributed by atoms with Crippen molar-refractivity contribution in [3.8, 4) is 5.75 Å². The van der Waals surface area contributed by atoms with E-state index in [-0.39, 0.29) is 23.3 Å². The quantitative estimate of drug-likeness (QED) is 0.234. The van der Waals surface area contributed by atoms with E-state index in [0.29, 0.717) is 16.6 Å². The Hall–Kier alpha value is -4.52. The number of para-hydroxylation sites is 2. The molecule has 4 aromatic rings. The number of hydrogen-bond acceptors (Lipinski definition) is 6. The van der Waals surface area contributed by atoms with E-state index < -0.39 is 35.4 Å². The predicted octanol–water partition coefficient (Wildman–Crippen LogP) is 4.19. The molecule has 0 spiro atoms. The summed E-state index contributed by atoms with van der Waals surface area (Å²) in [4.78, 5) is 50.2. The van der Waals surface area contributed by atoms with Crippen LogP contribution in [0.15, 0.2) is 94.1 Å². The minimum absolute atomic E-state index is 0.0700. The second kappa shape index (κ2) is 9.95. The average molecular weight is 455 g/mol. The summed E-state index contributed by atoms with van der Waals surface area (Å²) in [5.74, 6) is -3.48. The predicted molar refractivity (Wildman–Crippen MR) is 127 cm³/mol. The van der Waals surface area contributed by atoms with Crippen molar-refractivity contribution in [2.24, 2.45) is 0 Å². The Kier molecular flexibility index (Phi) is 6.64. The molecule has 170 valence electrons. The van der Waals surface area contributed by atoms with Gasteiger partial charge in [-0.1, -0.05) is 60.7 Å². The molecule has 1 aromatic heterocycles. The number of aromatic hydroxyl groups is 1. The average Bonchev–Trinajstić information content (AvgIpc) is 2.84. The standard InChI is InChI=1S/C27H21NO6/c29-19(16-22(30)26(32)28-18-11-5-2-6-12-18)15-21(17-9-3-1-4-10-17)24-25(31)20-13-7-8-14-23(20)34-27(24)33/h1-14,21,31H,15-16H2,(H,28,32)/t21-/m0/s1. The van der Waals surface area contributed by atoms with E-state index in [1.54, 1.807) is 84.9 Å². The molecule has 0 aliphatic heterocycles. The zero-order chi connectivity index (χ0) is 24.1. The summed E-state index contributed by atoms with van der Waals surface area (Å²) >= 11 is 0. The number of amides is 1. The molecule has 3 aromatic carbocycles. The van der Waals surface area contributed by atoms with Gasteiger partial charge in [-0.2, -0.15) is 0 Å². The summed E-state index contributed by atoms with van der Waals surface area (Å²) in [5, 5.41) is 13.7. The molecule has 7 heteroatoms. The van der Waals surface area contributed by atoms with Crippen molar-refractivity contribution in [3.05, 3.63) is 106 Å². The lowest BCUT2D eigenvalue weighted by Gasteiger charge is -2.18. The number of ketones is 2. The first-order valence-electron chi connectivity index (χ1n) is 10.6. The van der Waals surface area contributed by atoms with Crippen molar-refractivity contribution in [3.63, 3.8) is 0 Å². The first kappa shape index (κ1) is 22.7. The molecule has 0 aliphatic carbocycles. The summed E-state index contributed by atoms with van der Waals surface area (Å²) in [7, 11) is 0. The second-order valence-corrected chi connectivity index (χ2v) is 7.77. The van der Waals surface area contributed by atoms with Gasteiger partial charge in [-0.05, 0) is 29.8 Å². The Labute approximate surface area is 194 Å². The molecule has 0 radical (unpaired) electrons. The third kappa shape index (κ3) is 4.94. The number of Topliss-reactive ketones (excluding diaryl/α,β-unsaturated/α-hetero) is 2. The fourth-order valence-electron chi connectivity index (χ4n) is 3.81. The van der Waals surface area contributed by atoms with Gasteiger partial charge in [0.15, 0.2) is 0 Å². The molecule has 0 aliphatic rings. The lowest BCUT2D eigenvalue weighted by atomic mass is 9.86. The third-order valence-electron chi connectivity index (χ3n) is 5.44. The zero-order valence-corrected chi connectivity index (χ0v) is 18.1. The molecule has 7 nitrogen and oxygen atoms in total. The number of rotatable bonds is 8. The molecule has 34 heavy (non-hydrogen) atoms. The van der Waals surface area contributed by atoms with Crippen molar-refractivity contribution in [2.75, 3.05) is 5.32 Å². The molecular formula is C27H21NO6. The lowest BCUT2D eigenvalue weighted by molar-refractivity contribution is -0.137. The van der Waals surface area contributed by atoms with Crippen molar-refractivity contribution in [2.45, 2.75) is 18.8 Å². The monoisotopic (exact) mass is 455 g/mol. The van der Waals surface area contributed by atoms with Crippen LogP contribution in [0.5, 0.6) is 5.75 Å². The molecular weight excluding hydrogens is 434 g/mol. The van der Waals surface area contributed by atoms with E-state index in [9.17, 15) is 24.3 Å². The van der Waals surface area contributed by atoms with Crippen LogP contribution < -0.4 is 10.9 Å². The SMILES string of the molecule is O=C(CC(=O)C(=O)Nc1ccccc1)C[C@@H](c1ccccc1)c1c(O)c2ccccc2oc1=O. The molecule has 0 saturated heterocycles. The van der Waals surface area contributed by atoms with Crippen LogP contribution >= 0.6 is 0 Å². The summed E-state index contributed by atoms with van der Waals surface area (Å²) in [6, 6.07) is 23.7. The minimum Gasteiger partial charge on any atom is -0.507 e. The molecule has 1 amide bonds. The van der Waals surface area contributed by atoms with Gasteiger partial charge in [0.2, 0.25) is 5.78 Å². The van der Waals surface area contributed by atoms with Crippen LogP contribution in [0.1, 0.15) is 29.9 Å². The number of nitrogens with one attached hydrogen (secondary N) is 1. The van der Waals surface area contributed by atoms with E-state index >= 15 is 0 Å². The highest BCUT2D eigenvalue weighted by atomic mass is 16.4. The van der Waals surface area contributed by atoms with E-state index in [1.165, 1.54) is 0 Å². The molecule has 0 unspecified atom stereocenters. The second-order valence-electron chi connectivity index (χ2n) is 7.77. The Morgan fingerprint density at radius 1 is 0.853 bits per heavy atom. The van der Waals surface area contributed by atoms with Gasteiger partial charge in [0, 0.05) is 18.0 Å². The van der Waals surface area contributed by atoms with E-state index in [4.69, 9.17) is 4.42 Å². The lowest BCUT2D eigenvalue weighted by Crippen LogP contribution is -2.26. The fraction of sp³-hybridized carbons (Fsp3) is 0.111. The van der Waals surface area contributed by atoms with Crippen LogP contribution in [0.25, 0.3) is 11.0 Å². The largest absolute Gasteiger partial charge is 0.507 e. The minimum atomic E-state index is -0.899. The van der Waals surface area contributed by atoms with Crippen LogP contribution in [0.3, 0.4) is 0 Å². The van der Waals surface area contributed by atoms with Crippen molar-refractivity contribution in [1.82, 2.24) is 0 Å². The zero-order valence-electron chi connectivity index (χ0n) is 18.1. The Morgan fingerprint density at radius 2 is 1.47 bits per heavy atom. The molecule has 2 N–H and O–H groups in total. The van der Waals surface area contributed by atoms with Gasteiger partial charge in [0.25, 0.3) is 5.91 Å². The number of fused-ring (bicyclic) bond motifs is 1. The van der Waals surface area contributed by atoms with E-state index in [2.05, 4.69) is 5.32 Å². The summed E-state index contributed by atoms with van der Waals surface area (Å²) in [5.41, 5.74) is 0.411. The normalized spacial score (nSPS) is 11.6. The smallest absolute Gasteiger partial charge is 0.343 e. The topological polar surface area (TPSA) is 114 Å². The van der Waals surface area contributed by atoms with Gasteiger partial charge in [0.1, 0.15) is 17.1 Å². The summed E-state index contributed by atoms with van der Waals surface area (Å²) in [6.07, 6.45) is -0.910. The van der Waals surface area contributed by atoms with E-state index in [1.807, 2.05) is 0 Å². The number of carbonyl (C=O) groups excluding carboxylic acids is 3. The van der Waals surface area contributed by atoms with Crippen molar-refractivity contribution >= 4 is 34.1 Å². The maximum absolute atomic E-state index is 12.8. The summed E-state index contributed by atoms with van der Waals surface area (Å²) in [6.45, 7) is 0. The third-order valence-corrected chi connectivity index (χ3v) is 5.44. The van der Waals surface area contributed by atoms with Gasteiger partial charge in [-0.25, -0.2) is 4.79 Å². The number of benzene rings is 3. The molecule has 0 fully saturated rings. The first-order chi connectivity index (χ1) is 16.4. The van der Waals surface area contributed by atoms with E-state index in [0.717, 1.165) is 0 Å². The Balaban J connectivity index is 1.60. The number of hydrogen-bond donors (Lipinski definition) is 2. The van der Waals surface area contributed by atoms with Gasteiger partial charge >= 0.3 is 5.63 Å². The molecule has 0 bridgehead atoms. The van der Waals surface area contributed by atoms with Gasteiger partial charge < -0.3 is 14.8 Å². The van der Waals surface area contributed by atoms with Gasteiger partial charge in [-0.3, -0.25) is 14.4 Å². The highest BCUT2D eigenvalue weighted by Crippen LogP contribution is 2.36. The van der Waals surface area contributed by atoms with Crippen LogP contribution in [0.4, 0.5) is 5.69 Å². The highest BCUT2D eigenvalue weighted by Gasteiger charge is 2.28. The number of carbonyl (C=O) groups is 3. The fourth-order valence-corrected chi connectivity index (χ4v) is 3.81. The van der Waals surface area contributed by atoms with Gasteiger partial charge in [-0.15, -0.1) is 0 Å². The molecule has 4 rings (SSSR count). The van der Waals surface area contributed by atoms with Crippen molar-refractivity contribution in [1.29, 1.82) is 0 Å². The van der Waals surface area contributed by atoms with Crippen LogP contribution in [0, 0.1) is 0 Å². The molecule has 1 atom stereocenters. The Morgan fingerprint density at radius 3 is 2.18 bits per heavy atom. The van der Waals surface area contributed by atoms with Crippen LogP contribution in [-0.2, 0) is 14.4 Å². The van der Waals surface area contributed by atoms with Crippen LogP contribution in [0.2, 0.25) is 0 Å². The molecule has 0 saturated carbocycles. The summed E-state index contributed by atoms with van der Waals surface area (Å²) < 4.78 is 5.39.